The number of rotatable bonds is 12. The topological polar surface area (TPSA) is 80.4 Å². The van der Waals surface area contributed by atoms with Crippen molar-refractivity contribution in [2.75, 3.05) is 0 Å². The predicted molar refractivity (Wildman–Crippen MR) is 84.2 cm³/mol. The number of unbranched alkanes of at least 4 members (excludes halogenated alkanes) is 8. The van der Waals surface area contributed by atoms with Crippen LogP contribution in [0.3, 0.4) is 0 Å². The molecule has 0 aliphatic heterocycles. The summed E-state index contributed by atoms with van der Waals surface area (Å²) in [5.74, 6) is -1.61. The molecular formula is C15H30NNaO3. The van der Waals surface area contributed by atoms with Crippen LogP contribution in [0.5, 0.6) is 0 Å². The quantitative estimate of drug-likeness (QED) is 0.329. The van der Waals surface area contributed by atoms with Gasteiger partial charge in [0.05, 0.1) is 0 Å². The van der Waals surface area contributed by atoms with Gasteiger partial charge >= 0.3 is 35.5 Å². The fourth-order valence-electron chi connectivity index (χ4n) is 1.98. The third-order valence-corrected chi connectivity index (χ3v) is 3.53. The predicted octanol–water partition coefficient (Wildman–Crippen LogP) is 2.63. The summed E-state index contributed by atoms with van der Waals surface area (Å²) in [5, 5.41) is 8.81. The van der Waals surface area contributed by atoms with E-state index in [4.69, 9.17) is 10.8 Å². The second-order valence-electron chi connectivity index (χ2n) is 5.51. The standard InChI is InChI=1S/C15H29NO3.Na.H/c1-3-4-5-6-7-8-9-10-11-12-13(17)15(2,16)14(18)19;;/h3-12,16H2,1-2H3,(H,18,19);;. The summed E-state index contributed by atoms with van der Waals surface area (Å²) < 4.78 is 0. The Bertz CT molecular complexity index is 280. The van der Waals surface area contributed by atoms with Gasteiger partial charge in [-0.05, 0) is 13.3 Å². The van der Waals surface area contributed by atoms with Gasteiger partial charge in [0.1, 0.15) is 0 Å². The van der Waals surface area contributed by atoms with E-state index in [1.54, 1.807) is 0 Å². The molecule has 0 aromatic carbocycles. The van der Waals surface area contributed by atoms with Crippen LogP contribution in [0.1, 0.15) is 78.1 Å². The monoisotopic (exact) mass is 295 g/mol. The van der Waals surface area contributed by atoms with Crippen LogP contribution in [0.4, 0.5) is 0 Å². The van der Waals surface area contributed by atoms with Gasteiger partial charge in [-0.1, -0.05) is 58.3 Å². The first-order chi connectivity index (χ1) is 8.92. The molecule has 0 fully saturated rings. The van der Waals surface area contributed by atoms with Crippen molar-refractivity contribution in [3.05, 3.63) is 0 Å². The Labute approximate surface area is 145 Å². The van der Waals surface area contributed by atoms with Crippen molar-refractivity contribution in [1.82, 2.24) is 0 Å². The summed E-state index contributed by atoms with van der Waals surface area (Å²) in [6.07, 6.45) is 10.8. The van der Waals surface area contributed by atoms with Crippen LogP contribution < -0.4 is 5.73 Å². The maximum absolute atomic E-state index is 11.6. The second-order valence-corrected chi connectivity index (χ2v) is 5.51. The molecule has 0 spiro atoms. The normalized spacial score (nSPS) is 13.3. The number of nitrogens with two attached hydrogens (primary N) is 1. The van der Waals surface area contributed by atoms with Gasteiger partial charge in [-0.3, -0.25) is 4.79 Å². The minimum atomic E-state index is -1.72. The third-order valence-electron chi connectivity index (χ3n) is 3.53. The van der Waals surface area contributed by atoms with Crippen LogP contribution in [-0.4, -0.2) is 52.0 Å². The van der Waals surface area contributed by atoms with E-state index >= 15 is 0 Å². The third kappa shape index (κ3) is 9.92. The summed E-state index contributed by atoms with van der Waals surface area (Å²) in [6.45, 7) is 3.48. The van der Waals surface area contributed by atoms with Crippen LogP contribution >= 0.6 is 0 Å². The van der Waals surface area contributed by atoms with Crippen LogP contribution in [0, 0.1) is 0 Å². The van der Waals surface area contributed by atoms with E-state index in [-0.39, 0.29) is 41.8 Å². The molecule has 1 atom stereocenters. The van der Waals surface area contributed by atoms with Crippen molar-refractivity contribution in [1.29, 1.82) is 0 Å². The molecule has 0 rings (SSSR count). The molecule has 0 radical (unpaired) electrons. The van der Waals surface area contributed by atoms with Gasteiger partial charge in [-0.2, -0.15) is 0 Å². The van der Waals surface area contributed by atoms with E-state index in [0.29, 0.717) is 0 Å². The molecule has 0 aromatic rings. The molecule has 1 unspecified atom stereocenters. The molecule has 20 heavy (non-hydrogen) atoms. The van der Waals surface area contributed by atoms with Crippen LogP contribution in [0.25, 0.3) is 0 Å². The molecule has 4 nitrogen and oxygen atoms in total. The Morgan fingerprint density at radius 1 is 0.950 bits per heavy atom. The van der Waals surface area contributed by atoms with Gasteiger partial charge in [0, 0.05) is 6.42 Å². The number of carboxylic acid groups (broad SMARTS) is 1. The van der Waals surface area contributed by atoms with E-state index in [0.717, 1.165) is 19.3 Å². The number of carboxylic acids is 1. The van der Waals surface area contributed by atoms with E-state index in [1.165, 1.54) is 45.4 Å². The van der Waals surface area contributed by atoms with E-state index in [1.807, 2.05) is 0 Å². The zero-order chi connectivity index (χ0) is 14.7. The first-order valence-corrected chi connectivity index (χ1v) is 7.48. The fourth-order valence-corrected chi connectivity index (χ4v) is 1.98. The van der Waals surface area contributed by atoms with Gasteiger partial charge in [-0.15, -0.1) is 0 Å². The Morgan fingerprint density at radius 2 is 1.35 bits per heavy atom. The molecule has 114 valence electrons. The molecule has 0 aliphatic carbocycles. The van der Waals surface area contributed by atoms with Gasteiger partial charge in [0.15, 0.2) is 11.3 Å². The average Bonchev–Trinajstić information content (AvgIpc) is 2.36. The Kier molecular flexibility index (Phi) is 14.3. The molecule has 0 amide bonds. The SMILES string of the molecule is CCCCCCCCCCCC(=O)C(C)(N)C(=O)O.[NaH]. The zero-order valence-corrected chi connectivity index (χ0v) is 12.4. The van der Waals surface area contributed by atoms with Crippen LogP contribution in [0.15, 0.2) is 0 Å². The first-order valence-electron chi connectivity index (χ1n) is 7.48. The second kappa shape index (κ2) is 12.8. The van der Waals surface area contributed by atoms with Crippen LogP contribution in [0.2, 0.25) is 0 Å². The van der Waals surface area contributed by atoms with Crippen molar-refractivity contribution in [3.8, 4) is 0 Å². The molecule has 0 aliphatic rings. The van der Waals surface area contributed by atoms with Crippen molar-refractivity contribution in [2.24, 2.45) is 5.73 Å². The number of hydrogen-bond donors (Lipinski definition) is 2. The number of aliphatic carboxylic acids is 1. The number of carbonyl (C=O) groups is 2. The van der Waals surface area contributed by atoms with E-state index in [2.05, 4.69) is 6.92 Å². The Hall–Kier alpha value is 0.100. The van der Waals surface area contributed by atoms with Crippen molar-refractivity contribution in [3.63, 3.8) is 0 Å². The summed E-state index contributed by atoms with van der Waals surface area (Å²) >= 11 is 0. The first kappa shape index (κ1) is 22.4. The minimum absolute atomic E-state index is 0. The average molecular weight is 295 g/mol. The number of hydrogen-bond acceptors (Lipinski definition) is 3. The molecule has 0 aromatic heterocycles. The molecular weight excluding hydrogens is 265 g/mol. The van der Waals surface area contributed by atoms with E-state index in [9.17, 15) is 9.59 Å². The van der Waals surface area contributed by atoms with Crippen molar-refractivity contribution < 1.29 is 14.7 Å². The number of ketones is 1. The van der Waals surface area contributed by atoms with Gasteiger partial charge in [0.2, 0.25) is 0 Å². The summed E-state index contributed by atoms with van der Waals surface area (Å²) in [6, 6.07) is 0. The molecule has 0 saturated carbocycles. The van der Waals surface area contributed by atoms with Gasteiger partial charge < -0.3 is 10.8 Å². The van der Waals surface area contributed by atoms with E-state index < -0.39 is 11.5 Å². The number of Topliss-reactive ketones (excluding diaryl/α,β-unsaturated/α-hetero) is 1. The van der Waals surface area contributed by atoms with Crippen molar-refractivity contribution in [2.45, 2.75) is 83.6 Å². The van der Waals surface area contributed by atoms with Crippen molar-refractivity contribution >= 4 is 41.3 Å². The molecule has 0 bridgehead atoms. The summed E-state index contributed by atoms with van der Waals surface area (Å²) in [5.41, 5.74) is 3.74. The van der Waals surface area contributed by atoms with Gasteiger partial charge in [0.25, 0.3) is 0 Å². The summed E-state index contributed by atoms with van der Waals surface area (Å²) in [7, 11) is 0. The Balaban J connectivity index is 0. The number of carbonyl (C=O) groups excluding carboxylic acids is 1. The summed E-state index contributed by atoms with van der Waals surface area (Å²) in [4.78, 5) is 22.4. The van der Waals surface area contributed by atoms with Gasteiger partial charge in [-0.25, -0.2) is 4.79 Å². The molecule has 3 N–H and O–H groups in total. The van der Waals surface area contributed by atoms with Crippen LogP contribution in [-0.2, 0) is 9.59 Å². The fraction of sp³-hybridized carbons (Fsp3) is 0.867. The molecule has 0 saturated heterocycles. The zero-order valence-electron chi connectivity index (χ0n) is 12.4. The molecule has 0 heterocycles. The Morgan fingerprint density at radius 3 is 1.75 bits per heavy atom. The maximum atomic E-state index is 11.6. The molecule has 5 heteroatoms.